The highest BCUT2D eigenvalue weighted by Gasteiger charge is 2.13. The summed E-state index contributed by atoms with van der Waals surface area (Å²) in [6.07, 6.45) is 0.763. The maximum Gasteiger partial charge on any atom is 0.0502 e. The number of aliphatic hydroxyl groups excluding tert-OH is 1. The molecule has 100 valence electrons. The third kappa shape index (κ3) is 3.59. The Balaban J connectivity index is 2.24. The van der Waals surface area contributed by atoms with Crippen LogP contribution in [0.5, 0.6) is 0 Å². The molecular weight excluding hydrogens is 256 g/mol. The monoisotopic (exact) mass is 274 g/mol. The lowest BCUT2D eigenvalue weighted by atomic mass is 9.91. The van der Waals surface area contributed by atoms with Crippen LogP contribution in [0.1, 0.15) is 28.2 Å². The van der Waals surface area contributed by atoms with Crippen molar-refractivity contribution in [3.05, 3.63) is 69.7 Å². The van der Waals surface area contributed by atoms with E-state index in [1.807, 2.05) is 19.1 Å². The zero-order valence-electron chi connectivity index (χ0n) is 11.4. The second-order valence-corrected chi connectivity index (χ2v) is 5.50. The van der Waals surface area contributed by atoms with E-state index in [1.54, 1.807) is 0 Å². The molecule has 1 atom stereocenters. The summed E-state index contributed by atoms with van der Waals surface area (Å²) in [5.74, 6) is 0.0973. The van der Waals surface area contributed by atoms with Crippen LogP contribution in [0.3, 0.4) is 0 Å². The molecule has 2 aromatic rings. The minimum Gasteiger partial charge on any atom is -0.396 e. The Kier molecular flexibility index (Phi) is 4.62. The summed E-state index contributed by atoms with van der Waals surface area (Å²) in [5, 5.41) is 10.4. The molecule has 0 heterocycles. The van der Waals surface area contributed by atoms with Crippen molar-refractivity contribution < 1.29 is 5.11 Å². The quantitative estimate of drug-likeness (QED) is 0.882. The zero-order valence-corrected chi connectivity index (χ0v) is 12.1. The molecule has 1 unspecified atom stereocenters. The van der Waals surface area contributed by atoms with Crippen LogP contribution in [-0.2, 0) is 6.42 Å². The Morgan fingerprint density at radius 3 is 2.42 bits per heavy atom. The molecule has 0 aliphatic rings. The highest BCUT2D eigenvalue weighted by atomic mass is 35.5. The highest BCUT2D eigenvalue weighted by Crippen LogP contribution is 2.26. The molecule has 2 heteroatoms. The predicted molar refractivity (Wildman–Crippen MR) is 80.9 cm³/mol. The maximum atomic E-state index is 9.63. The molecule has 0 aliphatic heterocycles. The summed E-state index contributed by atoms with van der Waals surface area (Å²) in [7, 11) is 0. The molecule has 0 saturated carbocycles. The zero-order chi connectivity index (χ0) is 13.8. The van der Waals surface area contributed by atoms with Gasteiger partial charge in [0.15, 0.2) is 0 Å². The number of benzene rings is 2. The van der Waals surface area contributed by atoms with E-state index < -0.39 is 0 Å². The van der Waals surface area contributed by atoms with Crippen LogP contribution < -0.4 is 0 Å². The molecule has 2 aromatic carbocycles. The molecule has 0 fully saturated rings. The predicted octanol–water partition coefficient (Wildman–Crippen LogP) is 4.28. The van der Waals surface area contributed by atoms with Crippen LogP contribution in [0.2, 0.25) is 5.02 Å². The van der Waals surface area contributed by atoms with Crippen molar-refractivity contribution >= 4 is 11.6 Å². The standard InChI is InChI=1S/C17H19ClO/c1-12-4-3-5-14(8-12)16(11-19)10-15-7-6-13(2)9-17(15)18/h3-9,16,19H,10-11H2,1-2H3. The Labute approximate surface area is 119 Å². The van der Waals surface area contributed by atoms with Gasteiger partial charge < -0.3 is 5.11 Å². The van der Waals surface area contributed by atoms with E-state index in [0.717, 1.165) is 22.6 Å². The van der Waals surface area contributed by atoms with Crippen molar-refractivity contribution in [3.63, 3.8) is 0 Å². The number of halogens is 1. The van der Waals surface area contributed by atoms with Gasteiger partial charge in [0, 0.05) is 10.9 Å². The Morgan fingerprint density at radius 2 is 1.79 bits per heavy atom. The van der Waals surface area contributed by atoms with Gasteiger partial charge in [-0.1, -0.05) is 53.6 Å². The fraction of sp³-hybridized carbons (Fsp3) is 0.294. The maximum absolute atomic E-state index is 9.63. The van der Waals surface area contributed by atoms with Crippen molar-refractivity contribution in [2.45, 2.75) is 26.2 Å². The Hall–Kier alpha value is -1.31. The molecule has 0 bridgehead atoms. The summed E-state index contributed by atoms with van der Waals surface area (Å²) in [6.45, 7) is 4.23. The number of rotatable bonds is 4. The van der Waals surface area contributed by atoms with Gasteiger partial charge in [0.2, 0.25) is 0 Å². The SMILES string of the molecule is Cc1cccc(C(CO)Cc2ccc(C)cc2Cl)c1. The lowest BCUT2D eigenvalue weighted by Crippen LogP contribution is -2.08. The van der Waals surface area contributed by atoms with Gasteiger partial charge in [-0.3, -0.25) is 0 Å². The van der Waals surface area contributed by atoms with Crippen LogP contribution in [0.4, 0.5) is 0 Å². The second-order valence-electron chi connectivity index (χ2n) is 5.09. The van der Waals surface area contributed by atoms with Crippen molar-refractivity contribution in [2.24, 2.45) is 0 Å². The van der Waals surface area contributed by atoms with E-state index in [1.165, 1.54) is 11.1 Å². The number of aryl methyl sites for hydroxylation is 2. The van der Waals surface area contributed by atoms with Crippen molar-refractivity contribution in [3.8, 4) is 0 Å². The number of hydrogen-bond acceptors (Lipinski definition) is 1. The molecule has 1 N–H and O–H groups in total. The lowest BCUT2D eigenvalue weighted by molar-refractivity contribution is 0.264. The highest BCUT2D eigenvalue weighted by molar-refractivity contribution is 6.31. The summed E-state index contributed by atoms with van der Waals surface area (Å²) in [6, 6.07) is 14.4. The summed E-state index contributed by atoms with van der Waals surface area (Å²) >= 11 is 6.27. The van der Waals surface area contributed by atoms with Crippen LogP contribution in [0.15, 0.2) is 42.5 Å². The van der Waals surface area contributed by atoms with Crippen molar-refractivity contribution in [1.29, 1.82) is 0 Å². The summed E-state index contributed by atoms with van der Waals surface area (Å²) < 4.78 is 0. The van der Waals surface area contributed by atoms with E-state index in [9.17, 15) is 5.11 Å². The van der Waals surface area contributed by atoms with Gasteiger partial charge >= 0.3 is 0 Å². The molecule has 0 radical (unpaired) electrons. The van der Waals surface area contributed by atoms with E-state index >= 15 is 0 Å². The minimum absolute atomic E-state index is 0.0973. The van der Waals surface area contributed by atoms with Crippen LogP contribution in [0, 0.1) is 13.8 Å². The largest absolute Gasteiger partial charge is 0.396 e. The lowest BCUT2D eigenvalue weighted by Gasteiger charge is -2.16. The molecule has 19 heavy (non-hydrogen) atoms. The number of hydrogen-bond donors (Lipinski definition) is 1. The molecule has 0 aliphatic carbocycles. The Bertz CT molecular complexity index is 563. The molecule has 1 nitrogen and oxygen atoms in total. The molecule has 0 saturated heterocycles. The second kappa shape index (κ2) is 6.23. The molecule has 0 aromatic heterocycles. The molecule has 0 spiro atoms. The first-order chi connectivity index (χ1) is 9.10. The normalized spacial score (nSPS) is 12.4. The van der Waals surface area contributed by atoms with Gasteiger partial charge in [-0.15, -0.1) is 0 Å². The topological polar surface area (TPSA) is 20.2 Å². The molecular formula is C17H19ClO. The van der Waals surface area contributed by atoms with Crippen LogP contribution in [-0.4, -0.2) is 11.7 Å². The third-order valence-electron chi connectivity index (χ3n) is 3.41. The smallest absolute Gasteiger partial charge is 0.0502 e. The van der Waals surface area contributed by atoms with Gasteiger partial charge in [0.05, 0.1) is 6.61 Å². The van der Waals surface area contributed by atoms with Crippen LogP contribution >= 0.6 is 11.6 Å². The van der Waals surface area contributed by atoms with Crippen molar-refractivity contribution in [2.75, 3.05) is 6.61 Å². The van der Waals surface area contributed by atoms with Gasteiger partial charge in [0.25, 0.3) is 0 Å². The molecule has 0 amide bonds. The average Bonchev–Trinajstić information content (AvgIpc) is 2.38. The fourth-order valence-corrected chi connectivity index (χ4v) is 2.61. The molecule has 2 rings (SSSR count). The number of aliphatic hydroxyl groups is 1. The van der Waals surface area contributed by atoms with Gasteiger partial charge in [-0.05, 0) is 43.0 Å². The minimum atomic E-state index is 0.0973. The van der Waals surface area contributed by atoms with E-state index in [2.05, 4.69) is 37.3 Å². The van der Waals surface area contributed by atoms with E-state index in [4.69, 9.17) is 11.6 Å². The average molecular weight is 275 g/mol. The van der Waals surface area contributed by atoms with Gasteiger partial charge in [0.1, 0.15) is 0 Å². The fourth-order valence-electron chi connectivity index (χ4n) is 2.30. The van der Waals surface area contributed by atoms with E-state index in [-0.39, 0.29) is 12.5 Å². The third-order valence-corrected chi connectivity index (χ3v) is 3.76. The first-order valence-electron chi connectivity index (χ1n) is 6.52. The van der Waals surface area contributed by atoms with Gasteiger partial charge in [-0.25, -0.2) is 0 Å². The Morgan fingerprint density at radius 1 is 1.05 bits per heavy atom. The van der Waals surface area contributed by atoms with Gasteiger partial charge in [-0.2, -0.15) is 0 Å². The van der Waals surface area contributed by atoms with Crippen LogP contribution in [0.25, 0.3) is 0 Å². The summed E-state index contributed by atoms with van der Waals surface area (Å²) in [4.78, 5) is 0. The first kappa shape index (κ1) is 14.1. The first-order valence-corrected chi connectivity index (χ1v) is 6.90. The van der Waals surface area contributed by atoms with Crippen molar-refractivity contribution in [1.82, 2.24) is 0 Å². The summed E-state index contributed by atoms with van der Waals surface area (Å²) in [5.41, 5.74) is 4.63. The van der Waals surface area contributed by atoms with E-state index in [0.29, 0.717) is 0 Å².